The molecule has 0 unspecified atom stereocenters. The van der Waals surface area contributed by atoms with Gasteiger partial charge in [0.1, 0.15) is 0 Å². The lowest BCUT2D eigenvalue weighted by Gasteiger charge is -1.98. The van der Waals surface area contributed by atoms with Crippen molar-refractivity contribution < 1.29 is 0 Å². The third kappa shape index (κ3) is 5.24. The lowest BCUT2D eigenvalue weighted by molar-refractivity contribution is 0.962. The van der Waals surface area contributed by atoms with Crippen LogP contribution in [0.4, 0.5) is 0 Å². The van der Waals surface area contributed by atoms with Crippen LogP contribution < -0.4 is 0 Å². The van der Waals surface area contributed by atoms with E-state index in [4.69, 9.17) is 0 Å². The molecule has 70 valence electrons. The fourth-order valence-corrected chi connectivity index (χ4v) is 1.26. The summed E-state index contributed by atoms with van der Waals surface area (Å²) in [5.74, 6) is 0. The van der Waals surface area contributed by atoms with Crippen LogP contribution in [0.5, 0.6) is 0 Å². The van der Waals surface area contributed by atoms with E-state index >= 15 is 0 Å². The Balaban J connectivity index is 0.000000132. The van der Waals surface area contributed by atoms with Gasteiger partial charge in [0.25, 0.3) is 0 Å². The number of hydrogen-bond donors (Lipinski definition) is 0. The van der Waals surface area contributed by atoms with Gasteiger partial charge in [0.05, 0.1) is 0 Å². The molecule has 0 aromatic rings. The predicted octanol–water partition coefficient (Wildman–Crippen LogP) is 4.18. The molecular formula is C13H18. The molecule has 0 amide bonds. The molecule has 0 nitrogen and oxygen atoms in total. The van der Waals surface area contributed by atoms with Crippen LogP contribution in [0.1, 0.15) is 32.6 Å². The highest BCUT2D eigenvalue weighted by Crippen LogP contribution is 2.08. The first-order chi connectivity index (χ1) is 6.39. The zero-order valence-corrected chi connectivity index (χ0v) is 8.37. The van der Waals surface area contributed by atoms with Crippen LogP contribution in [-0.4, -0.2) is 0 Å². The van der Waals surface area contributed by atoms with Gasteiger partial charge < -0.3 is 0 Å². The van der Waals surface area contributed by atoms with Crippen LogP contribution in [0.2, 0.25) is 0 Å². The average Bonchev–Trinajstić information content (AvgIpc) is 2.22. The van der Waals surface area contributed by atoms with E-state index < -0.39 is 0 Å². The molecular weight excluding hydrogens is 156 g/mol. The Morgan fingerprint density at radius 1 is 0.846 bits per heavy atom. The quantitative estimate of drug-likeness (QED) is 0.517. The Kier molecular flexibility index (Phi) is 5.00. The Morgan fingerprint density at radius 3 is 1.69 bits per heavy atom. The standard InChI is InChI=1S/C7H10.C6H8/c1-7-5-3-2-4-6-7;1-2-4-6-5-3-1/h2-3,5H,4,6H2,1H3;1-4H,5-6H2. The minimum atomic E-state index is 1.23. The molecule has 2 aliphatic carbocycles. The molecule has 0 bridgehead atoms. The molecule has 2 rings (SSSR count). The van der Waals surface area contributed by atoms with Crippen molar-refractivity contribution in [3.63, 3.8) is 0 Å². The van der Waals surface area contributed by atoms with Crippen LogP contribution in [-0.2, 0) is 0 Å². The summed E-state index contributed by atoms with van der Waals surface area (Å²) in [4.78, 5) is 0. The lowest BCUT2D eigenvalue weighted by atomic mass is 10.1. The third-order valence-corrected chi connectivity index (χ3v) is 2.11. The zero-order valence-electron chi connectivity index (χ0n) is 8.37. The van der Waals surface area contributed by atoms with E-state index in [0.717, 1.165) is 0 Å². The van der Waals surface area contributed by atoms with Gasteiger partial charge in [-0.1, -0.05) is 48.1 Å². The molecule has 0 heterocycles. The van der Waals surface area contributed by atoms with Crippen molar-refractivity contribution in [2.45, 2.75) is 32.6 Å². The maximum atomic E-state index is 2.20. The first kappa shape index (κ1) is 10.0. The van der Waals surface area contributed by atoms with Crippen molar-refractivity contribution in [2.75, 3.05) is 0 Å². The molecule has 0 spiro atoms. The van der Waals surface area contributed by atoms with Crippen molar-refractivity contribution in [3.05, 3.63) is 48.1 Å². The maximum absolute atomic E-state index is 2.20. The molecule has 0 aliphatic heterocycles. The summed E-state index contributed by atoms with van der Waals surface area (Å²) in [6.07, 6.45) is 20.0. The van der Waals surface area contributed by atoms with Crippen LogP contribution in [0.3, 0.4) is 0 Å². The summed E-state index contributed by atoms with van der Waals surface area (Å²) < 4.78 is 0. The minimum absolute atomic E-state index is 1.23. The molecule has 2 aliphatic rings. The van der Waals surface area contributed by atoms with Gasteiger partial charge in [-0.05, 0) is 32.6 Å². The van der Waals surface area contributed by atoms with E-state index in [1.165, 1.54) is 31.3 Å². The van der Waals surface area contributed by atoms with Crippen LogP contribution in [0.15, 0.2) is 48.1 Å². The highest BCUT2D eigenvalue weighted by molar-refractivity contribution is 5.15. The summed E-state index contributed by atoms with van der Waals surface area (Å²) in [5, 5.41) is 0. The smallest absolute Gasteiger partial charge is 0.0285 e. The molecule has 0 fully saturated rings. The molecule has 0 aromatic heterocycles. The third-order valence-electron chi connectivity index (χ3n) is 2.11. The molecule has 0 saturated carbocycles. The van der Waals surface area contributed by atoms with Crippen LogP contribution in [0.25, 0.3) is 0 Å². The SMILES string of the molecule is C1=CCCC=C1.CC1=CC=CCC1. The van der Waals surface area contributed by atoms with Crippen molar-refractivity contribution in [1.82, 2.24) is 0 Å². The van der Waals surface area contributed by atoms with Crippen LogP contribution in [0, 0.1) is 0 Å². The topological polar surface area (TPSA) is 0 Å². The Labute approximate surface area is 81.4 Å². The molecule has 0 N–H and O–H groups in total. The second-order valence-corrected chi connectivity index (χ2v) is 3.41. The Hall–Kier alpha value is -1.04. The van der Waals surface area contributed by atoms with E-state index in [0.29, 0.717) is 0 Å². The summed E-state index contributed by atoms with van der Waals surface area (Å²) >= 11 is 0. The van der Waals surface area contributed by atoms with Crippen molar-refractivity contribution >= 4 is 0 Å². The summed E-state index contributed by atoms with van der Waals surface area (Å²) in [6.45, 7) is 2.17. The van der Waals surface area contributed by atoms with E-state index in [2.05, 4.69) is 49.5 Å². The lowest BCUT2D eigenvalue weighted by Crippen LogP contribution is -1.78. The van der Waals surface area contributed by atoms with Gasteiger partial charge in [0.2, 0.25) is 0 Å². The fraction of sp³-hybridized carbons (Fsp3) is 0.385. The largest absolute Gasteiger partial charge is 0.0842 e. The van der Waals surface area contributed by atoms with Gasteiger partial charge in [-0.25, -0.2) is 0 Å². The van der Waals surface area contributed by atoms with Gasteiger partial charge in [0, 0.05) is 0 Å². The minimum Gasteiger partial charge on any atom is -0.0842 e. The van der Waals surface area contributed by atoms with E-state index in [1.807, 2.05) is 0 Å². The van der Waals surface area contributed by atoms with Gasteiger partial charge in [0.15, 0.2) is 0 Å². The first-order valence-corrected chi connectivity index (χ1v) is 5.03. The van der Waals surface area contributed by atoms with E-state index in [1.54, 1.807) is 0 Å². The number of allylic oxidation sites excluding steroid dienone is 8. The van der Waals surface area contributed by atoms with Crippen LogP contribution >= 0.6 is 0 Å². The summed E-state index contributed by atoms with van der Waals surface area (Å²) in [5.41, 5.74) is 1.50. The molecule has 0 radical (unpaired) electrons. The van der Waals surface area contributed by atoms with Gasteiger partial charge in [-0.2, -0.15) is 0 Å². The first-order valence-electron chi connectivity index (χ1n) is 5.03. The molecule has 0 heteroatoms. The van der Waals surface area contributed by atoms with Gasteiger partial charge in [-0.3, -0.25) is 0 Å². The number of rotatable bonds is 0. The zero-order chi connectivity index (χ0) is 9.36. The second-order valence-electron chi connectivity index (χ2n) is 3.41. The fourth-order valence-electron chi connectivity index (χ4n) is 1.26. The molecule has 0 aromatic carbocycles. The summed E-state index contributed by atoms with van der Waals surface area (Å²) in [6, 6.07) is 0. The van der Waals surface area contributed by atoms with Gasteiger partial charge >= 0.3 is 0 Å². The molecule has 0 atom stereocenters. The van der Waals surface area contributed by atoms with Crippen molar-refractivity contribution in [3.8, 4) is 0 Å². The summed E-state index contributed by atoms with van der Waals surface area (Å²) in [7, 11) is 0. The van der Waals surface area contributed by atoms with Gasteiger partial charge in [-0.15, -0.1) is 0 Å². The molecule has 0 saturated heterocycles. The van der Waals surface area contributed by atoms with Crippen molar-refractivity contribution in [1.29, 1.82) is 0 Å². The van der Waals surface area contributed by atoms with Crippen molar-refractivity contribution in [2.24, 2.45) is 0 Å². The van der Waals surface area contributed by atoms with E-state index in [9.17, 15) is 0 Å². The molecule has 13 heavy (non-hydrogen) atoms. The predicted molar refractivity (Wildman–Crippen MR) is 59.6 cm³/mol. The maximum Gasteiger partial charge on any atom is -0.0285 e. The Morgan fingerprint density at radius 2 is 1.46 bits per heavy atom. The van der Waals surface area contributed by atoms with E-state index in [-0.39, 0.29) is 0 Å². The number of hydrogen-bond acceptors (Lipinski definition) is 0. The highest BCUT2D eigenvalue weighted by Gasteiger charge is 1.88. The average molecular weight is 174 g/mol. The highest BCUT2D eigenvalue weighted by atomic mass is 13.9. The second kappa shape index (κ2) is 6.47. The Bertz CT molecular complexity index is 227. The normalized spacial score (nSPS) is 19.0. The monoisotopic (exact) mass is 174 g/mol.